The minimum Gasteiger partial charge on any atom is -0.506 e. The SMILES string of the molecule is Cc1cc(O)c(Oc2ccc(C=CC(C)C)c(O)c2C(=O)O)c(CO)c1. The van der Waals surface area contributed by atoms with E-state index in [1.165, 1.54) is 18.2 Å². The van der Waals surface area contributed by atoms with Crippen LogP contribution in [0.3, 0.4) is 0 Å². The lowest BCUT2D eigenvalue weighted by atomic mass is 10.0. The first kappa shape index (κ1) is 19.3. The molecule has 2 rings (SSSR count). The number of allylic oxidation sites excluding steroid dienone is 1. The van der Waals surface area contributed by atoms with Crippen LogP contribution in [0.1, 0.15) is 40.9 Å². The average Bonchev–Trinajstić information content (AvgIpc) is 2.55. The number of phenols is 2. The fraction of sp³-hybridized carbons (Fsp3) is 0.250. The van der Waals surface area contributed by atoms with Crippen LogP contribution in [0.4, 0.5) is 0 Å². The first-order valence-corrected chi connectivity index (χ1v) is 8.13. The largest absolute Gasteiger partial charge is 0.506 e. The Morgan fingerprint density at radius 3 is 2.50 bits per heavy atom. The van der Waals surface area contributed by atoms with Crippen molar-refractivity contribution in [2.75, 3.05) is 0 Å². The molecule has 0 heterocycles. The molecule has 2 aromatic rings. The van der Waals surface area contributed by atoms with E-state index < -0.39 is 23.9 Å². The van der Waals surface area contributed by atoms with Gasteiger partial charge >= 0.3 is 5.97 Å². The molecule has 6 heteroatoms. The van der Waals surface area contributed by atoms with Crippen molar-refractivity contribution in [1.29, 1.82) is 0 Å². The molecule has 26 heavy (non-hydrogen) atoms. The standard InChI is InChI=1S/C20H22O6/c1-11(2)4-5-13-6-7-16(17(18(13)23)20(24)25)26-19-14(10-21)8-12(3)9-15(19)22/h4-9,11,21-23H,10H2,1-3H3,(H,24,25). The molecule has 0 spiro atoms. The Morgan fingerprint density at radius 1 is 1.23 bits per heavy atom. The van der Waals surface area contributed by atoms with Crippen LogP contribution >= 0.6 is 0 Å². The van der Waals surface area contributed by atoms with Crippen molar-refractivity contribution in [2.45, 2.75) is 27.4 Å². The van der Waals surface area contributed by atoms with Crippen LogP contribution in [0.15, 0.2) is 30.3 Å². The highest BCUT2D eigenvalue weighted by Crippen LogP contribution is 2.40. The highest BCUT2D eigenvalue weighted by Gasteiger charge is 2.22. The number of rotatable bonds is 6. The van der Waals surface area contributed by atoms with E-state index in [2.05, 4.69) is 0 Å². The maximum atomic E-state index is 11.6. The number of carboxylic acids is 1. The summed E-state index contributed by atoms with van der Waals surface area (Å²) in [4.78, 5) is 11.6. The van der Waals surface area contributed by atoms with Crippen molar-refractivity contribution in [2.24, 2.45) is 5.92 Å². The van der Waals surface area contributed by atoms with Gasteiger partial charge in [-0.15, -0.1) is 0 Å². The van der Waals surface area contributed by atoms with E-state index in [9.17, 15) is 25.2 Å². The molecule has 0 fully saturated rings. The number of hydrogen-bond acceptors (Lipinski definition) is 5. The summed E-state index contributed by atoms with van der Waals surface area (Å²) < 4.78 is 5.57. The molecular weight excluding hydrogens is 336 g/mol. The number of aryl methyl sites for hydroxylation is 1. The Bertz CT molecular complexity index is 852. The second-order valence-corrected chi connectivity index (χ2v) is 6.32. The van der Waals surface area contributed by atoms with Crippen molar-refractivity contribution in [3.05, 3.63) is 52.6 Å². The topological polar surface area (TPSA) is 107 Å². The maximum Gasteiger partial charge on any atom is 0.343 e. The first-order valence-electron chi connectivity index (χ1n) is 8.13. The van der Waals surface area contributed by atoms with E-state index in [1.807, 2.05) is 19.9 Å². The third-order valence-corrected chi connectivity index (χ3v) is 3.72. The van der Waals surface area contributed by atoms with Gasteiger partial charge in [0, 0.05) is 11.1 Å². The number of ether oxygens (including phenoxy) is 1. The summed E-state index contributed by atoms with van der Waals surface area (Å²) in [6.07, 6.45) is 3.47. The van der Waals surface area contributed by atoms with E-state index >= 15 is 0 Å². The molecule has 0 saturated carbocycles. The zero-order chi connectivity index (χ0) is 19.4. The molecule has 0 radical (unpaired) electrons. The highest BCUT2D eigenvalue weighted by atomic mass is 16.5. The van der Waals surface area contributed by atoms with Crippen LogP contribution < -0.4 is 4.74 Å². The van der Waals surface area contributed by atoms with Crippen LogP contribution in [0.2, 0.25) is 0 Å². The van der Waals surface area contributed by atoms with E-state index in [0.29, 0.717) is 11.1 Å². The number of carboxylic acid groups (broad SMARTS) is 1. The smallest absolute Gasteiger partial charge is 0.343 e. The number of aliphatic hydroxyl groups is 1. The van der Waals surface area contributed by atoms with Crippen molar-refractivity contribution < 1.29 is 30.0 Å². The van der Waals surface area contributed by atoms with Gasteiger partial charge in [0.05, 0.1) is 6.61 Å². The normalized spacial score (nSPS) is 11.3. The van der Waals surface area contributed by atoms with Gasteiger partial charge in [0.25, 0.3) is 0 Å². The molecule has 2 aromatic carbocycles. The number of carbonyl (C=O) groups is 1. The summed E-state index contributed by atoms with van der Waals surface area (Å²) in [5.74, 6) is -1.97. The number of aromatic carboxylic acids is 1. The number of hydrogen-bond donors (Lipinski definition) is 4. The van der Waals surface area contributed by atoms with Crippen molar-refractivity contribution >= 4 is 12.0 Å². The summed E-state index contributed by atoms with van der Waals surface area (Å²) in [5.41, 5.74) is 0.954. The monoisotopic (exact) mass is 358 g/mol. The summed E-state index contributed by atoms with van der Waals surface area (Å²) in [6, 6.07) is 5.99. The summed E-state index contributed by atoms with van der Waals surface area (Å²) in [6.45, 7) is 5.26. The minimum atomic E-state index is -1.37. The van der Waals surface area contributed by atoms with Gasteiger partial charge in [-0.25, -0.2) is 4.79 Å². The molecule has 0 aliphatic carbocycles. The fourth-order valence-corrected chi connectivity index (χ4v) is 2.48. The van der Waals surface area contributed by atoms with Crippen molar-refractivity contribution in [1.82, 2.24) is 0 Å². The number of benzene rings is 2. The van der Waals surface area contributed by atoms with Gasteiger partial charge < -0.3 is 25.2 Å². The van der Waals surface area contributed by atoms with E-state index in [-0.39, 0.29) is 23.2 Å². The third kappa shape index (κ3) is 4.15. The van der Waals surface area contributed by atoms with Gasteiger partial charge in [0.15, 0.2) is 11.5 Å². The molecule has 0 unspecified atom stereocenters. The van der Waals surface area contributed by atoms with E-state index in [4.69, 9.17) is 4.74 Å². The molecule has 0 aliphatic rings. The van der Waals surface area contributed by atoms with Gasteiger partial charge in [-0.05, 0) is 42.7 Å². The number of aliphatic hydroxyl groups excluding tert-OH is 1. The quantitative estimate of drug-likeness (QED) is 0.620. The average molecular weight is 358 g/mol. The van der Waals surface area contributed by atoms with Crippen LogP contribution in [-0.4, -0.2) is 26.4 Å². The molecule has 0 aromatic heterocycles. The zero-order valence-electron chi connectivity index (χ0n) is 14.9. The predicted molar refractivity (Wildman–Crippen MR) is 97.8 cm³/mol. The lowest BCUT2D eigenvalue weighted by Gasteiger charge is -2.15. The lowest BCUT2D eigenvalue weighted by Crippen LogP contribution is -2.03. The van der Waals surface area contributed by atoms with Gasteiger partial charge in [-0.3, -0.25) is 0 Å². The molecule has 0 amide bonds. The van der Waals surface area contributed by atoms with Crippen molar-refractivity contribution in [3.63, 3.8) is 0 Å². The Kier molecular flexibility index (Phi) is 5.90. The zero-order valence-corrected chi connectivity index (χ0v) is 14.9. The van der Waals surface area contributed by atoms with E-state index in [0.717, 1.165) is 5.56 Å². The summed E-state index contributed by atoms with van der Waals surface area (Å²) in [7, 11) is 0. The first-order chi connectivity index (χ1) is 12.2. The lowest BCUT2D eigenvalue weighted by molar-refractivity contribution is 0.0690. The highest BCUT2D eigenvalue weighted by molar-refractivity contribution is 5.95. The second-order valence-electron chi connectivity index (χ2n) is 6.32. The molecule has 4 N–H and O–H groups in total. The predicted octanol–water partition coefficient (Wildman–Crippen LogP) is 4.06. The van der Waals surface area contributed by atoms with Crippen LogP contribution in [0.25, 0.3) is 6.08 Å². The molecule has 0 saturated heterocycles. The molecular formula is C20H22O6. The summed E-state index contributed by atoms with van der Waals surface area (Å²) >= 11 is 0. The van der Waals surface area contributed by atoms with Crippen LogP contribution in [0, 0.1) is 12.8 Å². The second kappa shape index (κ2) is 7.93. The molecule has 138 valence electrons. The molecule has 0 bridgehead atoms. The molecule has 6 nitrogen and oxygen atoms in total. The Labute approximate surface area is 151 Å². The van der Waals surface area contributed by atoms with Gasteiger partial charge in [0.2, 0.25) is 0 Å². The molecule has 0 atom stereocenters. The van der Waals surface area contributed by atoms with Gasteiger partial charge in [-0.1, -0.05) is 26.0 Å². The Morgan fingerprint density at radius 2 is 1.92 bits per heavy atom. The Hall–Kier alpha value is -2.99. The van der Waals surface area contributed by atoms with Crippen LogP contribution in [-0.2, 0) is 6.61 Å². The minimum absolute atomic E-state index is 0.0505. The Balaban J connectivity index is 2.55. The van der Waals surface area contributed by atoms with Crippen molar-refractivity contribution in [3.8, 4) is 23.0 Å². The van der Waals surface area contributed by atoms with Gasteiger partial charge in [0.1, 0.15) is 17.1 Å². The summed E-state index contributed by atoms with van der Waals surface area (Å²) in [5, 5.41) is 39.4. The number of aromatic hydroxyl groups is 2. The third-order valence-electron chi connectivity index (χ3n) is 3.72. The van der Waals surface area contributed by atoms with Crippen LogP contribution in [0.5, 0.6) is 23.0 Å². The number of phenolic OH excluding ortho intramolecular Hbond substituents is 1. The van der Waals surface area contributed by atoms with E-state index in [1.54, 1.807) is 19.1 Å². The fourth-order valence-electron chi connectivity index (χ4n) is 2.48. The molecule has 0 aliphatic heterocycles. The maximum absolute atomic E-state index is 11.6. The van der Waals surface area contributed by atoms with Gasteiger partial charge in [-0.2, -0.15) is 0 Å².